The van der Waals surface area contributed by atoms with Gasteiger partial charge in [-0.2, -0.15) is 0 Å². The van der Waals surface area contributed by atoms with E-state index in [1.807, 2.05) is 0 Å². The van der Waals surface area contributed by atoms with Crippen LogP contribution in [0.25, 0.3) is 0 Å². The zero-order valence-electron chi connectivity index (χ0n) is 8.62. The van der Waals surface area contributed by atoms with Crippen molar-refractivity contribution in [3.63, 3.8) is 0 Å². The van der Waals surface area contributed by atoms with Crippen molar-refractivity contribution in [1.29, 1.82) is 0 Å². The quantitative estimate of drug-likeness (QED) is 0.679. The van der Waals surface area contributed by atoms with E-state index in [0.29, 0.717) is 11.9 Å². The van der Waals surface area contributed by atoms with Gasteiger partial charge in [-0.05, 0) is 12.8 Å². The SMILES string of the molecule is Nc1c(NC2CCCCC2)nc[nH]c1=O. The minimum atomic E-state index is -0.275. The number of aromatic amines is 1. The van der Waals surface area contributed by atoms with E-state index in [9.17, 15) is 4.79 Å². The van der Waals surface area contributed by atoms with Crippen molar-refractivity contribution in [3.8, 4) is 0 Å². The van der Waals surface area contributed by atoms with Crippen LogP contribution in [0.2, 0.25) is 0 Å². The summed E-state index contributed by atoms with van der Waals surface area (Å²) in [7, 11) is 0. The number of hydrogen-bond acceptors (Lipinski definition) is 4. The Bertz CT molecular complexity index is 381. The van der Waals surface area contributed by atoms with Gasteiger partial charge in [-0.25, -0.2) is 4.98 Å². The van der Waals surface area contributed by atoms with Gasteiger partial charge in [-0.1, -0.05) is 19.3 Å². The molecule has 4 N–H and O–H groups in total. The first-order valence-corrected chi connectivity index (χ1v) is 5.37. The molecule has 1 aromatic rings. The molecule has 1 aliphatic rings. The Hall–Kier alpha value is -1.52. The molecule has 1 saturated carbocycles. The van der Waals surface area contributed by atoms with Crippen molar-refractivity contribution in [3.05, 3.63) is 16.7 Å². The second-order valence-corrected chi connectivity index (χ2v) is 3.97. The van der Waals surface area contributed by atoms with Crippen LogP contribution in [-0.2, 0) is 0 Å². The third-order valence-electron chi connectivity index (χ3n) is 2.84. The molecule has 1 heterocycles. The van der Waals surface area contributed by atoms with E-state index in [1.54, 1.807) is 0 Å². The maximum absolute atomic E-state index is 11.2. The zero-order chi connectivity index (χ0) is 10.7. The second kappa shape index (κ2) is 4.33. The molecule has 0 saturated heterocycles. The third-order valence-corrected chi connectivity index (χ3v) is 2.84. The van der Waals surface area contributed by atoms with Gasteiger partial charge in [-0.15, -0.1) is 0 Å². The van der Waals surface area contributed by atoms with Crippen molar-refractivity contribution in [2.45, 2.75) is 38.1 Å². The van der Waals surface area contributed by atoms with Gasteiger partial charge in [0.2, 0.25) is 0 Å². The summed E-state index contributed by atoms with van der Waals surface area (Å²) in [5, 5.41) is 3.23. The summed E-state index contributed by atoms with van der Waals surface area (Å²) >= 11 is 0. The Morgan fingerprint density at radius 1 is 1.40 bits per heavy atom. The Morgan fingerprint density at radius 3 is 2.87 bits per heavy atom. The number of nitrogen functional groups attached to an aromatic ring is 1. The molecule has 0 spiro atoms. The van der Waals surface area contributed by atoms with Crippen LogP contribution in [0.1, 0.15) is 32.1 Å². The van der Waals surface area contributed by atoms with Crippen LogP contribution in [-0.4, -0.2) is 16.0 Å². The zero-order valence-corrected chi connectivity index (χ0v) is 8.62. The molecule has 82 valence electrons. The van der Waals surface area contributed by atoms with Gasteiger partial charge in [0, 0.05) is 6.04 Å². The van der Waals surface area contributed by atoms with E-state index in [2.05, 4.69) is 15.3 Å². The molecular weight excluding hydrogens is 192 g/mol. The lowest BCUT2D eigenvalue weighted by atomic mass is 9.95. The topological polar surface area (TPSA) is 83.8 Å². The molecule has 0 aromatic carbocycles. The molecule has 0 atom stereocenters. The molecule has 1 fully saturated rings. The van der Waals surface area contributed by atoms with Crippen molar-refractivity contribution in [2.24, 2.45) is 0 Å². The first-order chi connectivity index (χ1) is 7.27. The fourth-order valence-corrected chi connectivity index (χ4v) is 1.97. The molecule has 2 rings (SSSR count). The van der Waals surface area contributed by atoms with Gasteiger partial charge in [0.05, 0.1) is 6.33 Å². The molecule has 0 radical (unpaired) electrons. The number of nitrogens with two attached hydrogens (primary N) is 1. The van der Waals surface area contributed by atoms with Crippen LogP contribution in [0.4, 0.5) is 11.5 Å². The maximum atomic E-state index is 11.2. The molecule has 1 aliphatic carbocycles. The van der Waals surface area contributed by atoms with Crippen molar-refractivity contribution >= 4 is 11.5 Å². The minimum Gasteiger partial charge on any atom is -0.391 e. The molecule has 0 bridgehead atoms. The Balaban J connectivity index is 2.09. The number of nitrogens with zero attached hydrogens (tertiary/aromatic N) is 1. The molecule has 5 heteroatoms. The van der Waals surface area contributed by atoms with Crippen molar-refractivity contribution in [1.82, 2.24) is 9.97 Å². The molecule has 0 unspecified atom stereocenters. The van der Waals surface area contributed by atoms with E-state index in [1.165, 1.54) is 25.6 Å². The normalized spacial score (nSPS) is 17.6. The summed E-state index contributed by atoms with van der Waals surface area (Å²) in [6.45, 7) is 0. The number of rotatable bonds is 2. The van der Waals surface area contributed by atoms with Gasteiger partial charge in [0.25, 0.3) is 5.56 Å². The Morgan fingerprint density at radius 2 is 2.13 bits per heavy atom. The Labute approximate surface area is 88.1 Å². The van der Waals surface area contributed by atoms with Gasteiger partial charge in [0.15, 0.2) is 5.82 Å². The van der Waals surface area contributed by atoms with Crippen LogP contribution in [0, 0.1) is 0 Å². The highest BCUT2D eigenvalue weighted by atomic mass is 16.1. The molecule has 0 amide bonds. The van der Waals surface area contributed by atoms with E-state index in [0.717, 1.165) is 12.8 Å². The van der Waals surface area contributed by atoms with Gasteiger partial charge >= 0.3 is 0 Å². The van der Waals surface area contributed by atoms with E-state index in [4.69, 9.17) is 5.73 Å². The first kappa shape index (κ1) is 10.0. The first-order valence-electron chi connectivity index (χ1n) is 5.37. The highest BCUT2D eigenvalue weighted by molar-refractivity contribution is 5.59. The largest absolute Gasteiger partial charge is 0.391 e. The summed E-state index contributed by atoms with van der Waals surface area (Å²) in [5.74, 6) is 0.519. The molecule has 0 aliphatic heterocycles. The molecular formula is C10H16N4O. The Kier molecular flexibility index (Phi) is 2.89. The minimum absolute atomic E-state index is 0.183. The average molecular weight is 208 g/mol. The smallest absolute Gasteiger partial charge is 0.276 e. The van der Waals surface area contributed by atoms with E-state index < -0.39 is 0 Å². The summed E-state index contributed by atoms with van der Waals surface area (Å²) in [6, 6.07) is 0.412. The third kappa shape index (κ3) is 2.29. The predicted molar refractivity (Wildman–Crippen MR) is 59.8 cm³/mol. The summed E-state index contributed by atoms with van der Waals surface area (Å²) in [5.41, 5.74) is 5.54. The number of aromatic nitrogens is 2. The monoisotopic (exact) mass is 208 g/mol. The summed E-state index contributed by atoms with van der Waals surface area (Å²) < 4.78 is 0. The highest BCUT2D eigenvalue weighted by Crippen LogP contribution is 2.21. The lowest BCUT2D eigenvalue weighted by Crippen LogP contribution is -2.25. The average Bonchev–Trinajstić information content (AvgIpc) is 2.26. The van der Waals surface area contributed by atoms with E-state index in [-0.39, 0.29) is 11.2 Å². The second-order valence-electron chi connectivity index (χ2n) is 3.97. The van der Waals surface area contributed by atoms with Gasteiger partial charge in [0.1, 0.15) is 5.69 Å². The predicted octanol–water partition coefficient (Wildman–Crippen LogP) is 1.10. The molecule has 1 aromatic heterocycles. The van der Waals surface area contributed by atoms with Crippen LogP contribution >= 0.6 is 0 Å². The standard InChI is InChI=1S/C10H16N4O/c11-8-9(12-6-13-10(8)15)14-7-4-2-1-3-5-7/h6-7H,1-5,11H2,(H2,12,13,14,15). The number of anilines is 2. The lowest BCUT2D eigenvalue weighted by Gasteiger charge is -2.23. The van der Waals surface area contributed by atoms with Crippen molar-refractivity contribution in [2.75, 3.05) is 11.1 Å². The van der Waals surface area contributed by atoms with Crippen LogP contribution < -0.4 is 16.6 Å². The fraction of sp³-hybridized carbons (Fsp3) is 0.600. The number of nitrogens with one attached hydrogen (secondary N) is 2. The van der Waals surface area contributed by atoms with Crippen LogP contribution in [0.3, 0.4) is 0 Å². The summed E-state index contributed by atoms with van der Waals surface area (Å²) in [4.78, 5) is 17.7. The van der Waals surface area contributed by atoms with Crippen LogP contribution in [0.15, 0.2) is 11.1 Å². The molecule has 15 heavy (non-hydrogen) atoms. The maximum Gasteiger partial charge on any atom is 0.276 e. The van der Waals surface area contributed by atoms with Crippen molar-refractivity contribution < 1.29 is 0 Å². The number of hydrogen-bond donors (Lipinski definition) is 3. The van der Waals surface area contributed by atoms with Gasteiger partial charge in [-0.3, -0.25) is 4.79 Å². The molecule has 5 nitrogen and oxygen atoms in total. The summed E-state index contributed by atoms with van der Waals surface area (Å²) in [6.07, 6.45) is 7.42. The highest BCUT2D eigenvalue weighted by Gasteiger charge is 2.15. The lowest BCUT2D eigenvalue weighted by molar-refractivity contribution is 0.462. The fourth-order valence-electron chi connectivity index (χ4n) is 1.97. The van der Waals surface area contributed by atoms with Crippen LogP contribution in [0.5, 0.6) is 0 Å². The number of H-pyrrole nitrogens is 1. The van der Waals surface area contributed by atoms with Gasteiger partial charge < -0.3 is 16.0 Å². The van der Waals surface area contributed by atoms with E-state index >= 15 is 0 Å².